The number of aromatic nitrogens is 2. The molecule has 9 heteroatoms. The zero-order valence-electron chi connectivity index (χ0n) is 12.2. The molecule has 1 aromatic rings. The molecular formula is C13H14ClN3O5. The molecule has 8 nitrogen and oxygen atoms in total. The molecule has 2 bridgehead atoms. The first-order valence-electron chi connectivity index (χ1n) is 6.94. The van der Waals surface area contributed by atoms with Crippen LogP contribution < -0.4 is 0 Å². The first-order valence-corrected chi connectivity index (χ1v) is 7.32. The van der Waals surface area contributed by atoms with Gasteiger partial charge in [0, 0.05) is 13.3 Å². The van der Waals surface area contributed by atoms with E-state index in [1.165, 1.54) is 6.92 Å². The van der Waals surface area contributed by atoms with Gasteiger partial charge in [-0.3, -0.25) is 4.79 Å². The molecule has 118 valence electrons. The summed E-state index contributed by atoms with van der Waals surface area (Å²) in [4.78, 5) is 21.3. The van der Waals surface area contributed by atoms with Crippen LogP contribution >= 0.6 is 11.6 Å². The minimum atomic E-state index is -1.16. The predicted molar refractivity (Wildman–Crippen MR) is 72.0 cm³/mol. The molecule has 5 atom stereocenters. The number of halogens is 1. The van der Waals surface area contributed by atoms with E-state index in [0.717, 1.165) is 0 Å². The summed E-state index contributed by atoms with van der Waals surface area (Å²) in [6.45, 7) is 4.83. The number of rotatable bonds is 2. The highest BCUT2D eigenvalue weighted by atomic mass is 35.5. The van der Waals surface area contributed by atoms with E-state index >= 15 is 0 Å². The van der Waals surface area contributed by atoms with Crippen LogP contribution in [0.4, 0.5) is 0 Å². The number of alkyl halides is 1. The molecule has 1 aromatic heterocycles. The predicted octanol–water partition coefficient (Wildman–Crippen LogP) is 1.26. The van der Waals surface area contributed by atoms with Crippen LogP contribution in [0.1, 0.15) is 32.0 Å². The van der Waals surface area contributed by atoms with Crippen LogP contribution in [0.15, 0.2) is 9.68 Å². The first-order chi connectivity index (χ1) is 10.4. The highest BCUT2D eigenvalue weighted by Crippen LogP contribution is 2.61. The van der Waals surface area contributed by atoms with Crippen molar-refractivity contribution in [1.82, 2.24) is 10.1 Å². The summed E-state index contributed by atoms with van der Waals surface area (Å²) in [5.41, 5.74) is -0.472. The Kier molecular flexibility index (Phi) is 2.66. The van der Waals surface area contributed by atoms with Crippen LogP contribution in [0, 0.1) is 12.8 Å². The van der Waals surface area contributed by atoms with Gasteiger partial charge in [-0.05, 0) is 13.8 Å². The van der Waals surface area contributed by atoms with Crippen LogP contribution in [0.2, 0.25) is 0 Å². The van der Waals surface area contributed by atoms with Gasteiger partial charge in [0.2, 0.25) is 10.7 Å². The maximum absolute atomic E-state index is 11.7. The lowest BCUT2D eigenvalue weighted by molar-refractivity contribution is -0.172. The Morgan fingerprint density at radius 1 is 1.45 bits per heavy atom. The van der Waals surface area contributed by atoms with E-state index in [9.17, 15) is 4.79 Å². The van der Waals surface area contributed by atoms with Crippen LogP contribution in [0.5, 0.6) is 0 Å². The van der Waals surface area contributed by atoms with Crippen LogP contribution in [0.3, 0.4) is 0 Å². The van der Waals surface area contributed by atoms with Gasteiger partial charge in [0.1, 0.15) is 12.2 Å². The second-order valence-corrected chi connectivity index (χ2v) is 6.47. The molecule has 0 N–H and O–H groups in total. The monoisotopic (exact) mass is 327 g/mol. The Bertz CT molecular complexity index is 691. The van der Waals surface area contributed by atoms with Crippen molar-refractivity contribution in [2.45, 2.75) is 50.1 Å². The van der Waals surface area contributed by atoms with E-state index in [4.69, 9.17) is 30.4 Å². The topological polar surface area (TPSA) is 96.0 Å². The Hall–Kier alpha value is -1.67. The number of esters is 1. The molecule has 22 heavy (non-hydrogen) atoms. The standard InChI is InChI=1S/C13H14ClN3O5/c1-5-9-10-12(20-7(3)18,11-15-6(2)17-21-11)4-8(19-10)13(9,14)22-16-5/h8-10H,4H2,1-3H3/t8-,9+,10-,12-,13-/m0/s1. The van der Waals surface area contributed by atoms with Crippen LogP contribution in [-0.4, -0.2) is 39.1 Å². The van der Waals surface area contributed by atoms with E-state index in [1.807, 2.05) is 0 Å². The number of carbonyl (C=O) groups excluding carboxylic acids is 1. The maximum atomic E-state index is 11.7. The molecule has 3 aliphatic heterocycles. The zero-order chi connectivity index (χ0) is 15.7. The van der Waals surface area contributed by atoms with Gasteiger partial charge in [-0.25, -0.2) is 0 Å². The third-order valence-corrected chi connectivity index (χ3v) is 4.97. The minimum absolute atomic E-state index is 0.214. The highest BCUT2D eigenvalue weighted by Gasteiger charge is 2.76. The quantitative estimate of drug-likeness (QED) is 0.596. The van der Waals surface area contributed by atoms with Gasteiger partial charge in [0.05, 0.1) is 11.6 Å². The fraction of sp³-hybridized carbons (Fsp3) is 0.692. The van der Waals surface area contributed by atoms with Gasteiger partial charge in [-0.2, -0.15) is 4.98 Å². The molecule has 4 heterocycles. The molecule has 0 amide bonds. The second-order valence-electron chi connectivity index (χ2n) is 5.88. The fourth-order valence-electron chi connectivity index (χ4n) is 3.61. The summed E-state index contributed by atoms with van der Waals surface area (Å²) in [7, 11) is 0. The summed E-state index contributed by atoms with van der Waals surface area (Å²) >= 11 is 6.55. The Balaban J connectivity index is 1.82. The molecule has 0 aliphatic carbocycles. The lowest BCUT2D eigenvalue weighted by Crippen LogP contribution is -2.54. The summed E-state index contributed by atoms with van der Waals surface area (Å²) < 4.78 is 16.8. The number of hydrogen-bond acceptors (Lipinski definition) is 8. The SMILES string of the molecule is CC(=O)O[C@@]1(c2nc(C)no2)C[C@@H]2O[C@H]1[C@H]1C(C)=NO[C@@]21Cl. The van der Waals surface area contributed by atoms with Crippen molar-refractivity contribution in [3.63, 3.8) is 0 Å². The molecule has 4 rings (SSSR count). The van der Waals surface area contributed by atoms with Gasteiger partial charge < -0.3 is 18.8 Å². The number of aryl methyl sites for hydroxylation is 1. The maximum Gasteiger partial charge on any atom is 0.303 e. The summed E-state index contributed by atoms with van der Waals surface area (Å²) in [6, 6.07) is 0. The first kappa shape index (κ1) is 14.0. The Morgan fingerprint density at radius 2 is 2.23 bits per heavy atom. The smallest absolute Gasteiger partial charge is 0.303 e. The van der Waals surface area contributed by atoms with E-state index < -0.39 is 28.8 Å². The summed E-state index contributed by atoms with van der Waals surface area (Å²) in [5, 5.41) is 6.70. The van der Waals surface area contributed by atoms with Crippen molar-refractivity contribution in [1.29, 1.82) is 0 Å². The van der Waals surface area contributed by atoms with Crippen molar-refractivity contribution < 1.29 is 23.6 Å². The summed E-state index contributed by atoms with van der Waals surface area (Å²) in [5.74, 6) is -0.138. The zero-order valence-corrected chi connectivity index (χ0v) is 13.0. The fourth-order valence-corrected chi connectivity index (χ4v) is 4.04. The average molecular weight is 328 g/mol. The van der Waals surface area contributed by atoms with Crippen molar-refractivity contribution in [2.75, 3.05) is 0 Å². The number of fused-ring (bicyclic) bond motifs is 5. The lowest BCUT2D eigenvalue weighted by atomic mass is 9.74. The van der Waals surface area contributed by atoms with Gasteiger partial charge in [0.25, 0.3) is 5.89 Å². The molecule has 2 fully saturated rings. The van der Waals surface area contributed by atoms with Crippen LogP contribution in [-0.2, 0) is 24.7 Å². The summed E-state index contributed by atoms with van der Waals surface area (Å²) in [6.07, 6.45) is -0.788. The van der Waals surface area contributed by atoms with E-state index in [0.29, 0.717) is 11.5 Å². The van der Waals surface area contributed by atoms with Crippen molar-refractivity contribution >= 4 is 23.3 Å². The lowest BCUT2D eigenvalue weighted by Gasteiger charge is -2.37. The number of oxime groups is 1. The largest absolute Gasteiger partial charge is 0.446 e. The molecule has 0 unspecified atom stereocenters. The molecule has 2 saturated heterocycles. The number of hydrogen-bond donors (Lipinski definition) is 0. The van der Waals surface area contributed by atoms with E-state index in [2.05, 4.69) is 15.3 Å². The molecule has 0 spiro atoms. The van der Waals surface area contributed by atoms with Crippen LogP contribution in [0.25, 0.3) is 0 Å². The van der Waals surface area contributed by atoms with Gasteiger partial charge in [-0.15, -0.1) is 0 Å². The minimum Gasteiger partial charge on any atom is -0.446 e. The second kappa shape index (κ2) is 4.20. The average Bonchev–Trinajstić information content (AvgIpc) is 3.13. The Morgan fingerprint density at radius 3 is 2.86 bits per heavy atom. The molecule has 0 saturated carbocycles. The third-order valence-electron chi connectivity index (χ3n) is 4.42. The van der Waals surface area contributed by atoms with Gasteiger partial charge >= 0.3 is 5.97 Å². The number of nitrogens with zero attached hydrogens (tertiary/aromatic N) is 3. The van der Waals surface area contributed by atoms with Crippen molar-refractivity contribution in [2.24, 2.45) is 11.1 Å². The van der Waals surface area contributed by atoms with E-state index in [-0.39, 0.29) is 18.2 Å². The number of ether oxygens (including phenoxy) is 2. The molecule has 0 radical (unpaired) electrons. The normalized spacial score (nSPS) is 42.0. The third kappa shape index (κ3) is 1.56. The van der Waals surface area contributed by atoms with Crippen molar-refractivity contribution in [3.8, 4) is 0 Å². The molecular weight excluding hydrogens is 314 g/mol. The highest BCUT2D eigenvalue weighted by molar-refractivity contribution is 6.26. The number of carbonyl (C=O) groups is 1. The van der Waals surface area contributed by atoms with Gasteiger partial charge in [-0.1, -0.05) is 21.9 Å². The Labute approximate surface area is 130 Å². The van der Waals surface area contributed by atoms with Crippen molar-refractivity contribution in [3.05, 3.63) is 11.7 Å². The van der Waals surface area contributed by atoms with E-state index in [1.54, 1.807) is 13.8 Å². The molecule has 3 aliphatic rings. The molecule has 0 aromatic carbocycles. The van der Waals surface area contributed by atoms with Gasteiger partial charge in [0.15, 0.2) is 5.82 Å².